The number of piperazine rings is 2. The molecule has 4 heterocycles. The standard InChI is InChI=1S/C31H36N6O2S/c1-21-5-7-25(8-6-21)37-18-17-36(19-22(37)2)31(38)28-23(3)27-29(32-20-33-30(27)40-28)35-15-13-34(14-16-35)24-9-11-26(39-4)12-10-24/h5-12,20,22H,13-19H2,1-4H3. The van der Waals surface area contributed by atoms with Crippen molar-refractivity contribution in [2.24, 2.45) is 0 Å². The number of ether oxygens (including phenoxy) is 1. The van der Waals surface area contributed by atoms with E-state index in [2.05, 4.69) is 76.9 Å². The minimum absolute atomic E-state index is 0.103. The number of hydrogen-bond donors (Lipinski definition) is 0. The summed E-state index contributed by atoms with van der Waals surface area (Å²) in [6.45, 7) is 12.1. The lowest BCUT2D eigenvalue weighted by molar-refractivity contribution is 0.0730. The van der Waals surface area contributed by atoms with Crippen LogP contribution in [0, 0.1) is 13.8 Å². The summed E-state index contributed by atoms with van der Waals surface area (Å²) in [5.41, 5.74) is 4.67. The summed E-state index contributed by atoms with van der Waals surface area (Å²) in [5, 5.41) is 1.01. The maximum atomic E-state index is 13.8. The molecule has 0 aliphatic carbocycles. The number of methoxy groups -OCH3 is 1. The average Bonchev–Trinajstić information content (AvgIpc) is 3.34. The molecule has 0 spiro atoms. The zero-order chi connectivity index (χ0) is 27.8. The molecular formula is C31H36N6O2S. The Hall–Kier alpha value is -3.85. The molecule has 0 bridgehead atoms. The van der Waals surface area contributed by atoms with Crippen LogP contribution in [0.2, 0.25) is 0 Å². The molecule has 0 N–H and O–H groups in total. The summed E-state index contributed by atoms with van der Waals surface area (Å²) in [7, 11) is 1.69. The lowest BCUT2D eigenvalue weighted by Gasteiger charge is -2.41. The number of amides is 1. The fraction of sp³-hybridized carbons (Fsp3) is 0.387. The van der Waals surface area contributed by atoms with Gasteiger partial charge in [0.1, 0.15) is 22.7 Å². The Morgan fingerprint density at radius 1 is 0.875 bits per heavy atom. The van der Waals surface area contributed by atoms with Crippen LogP contribution in [0.4, 0.5) is 17.2 Å². The van der Waals surface area contributed by atoms with Gasteiger partial charge in [0.15, 0.2) is 0 Å². The van der Waals surface area contributed by atoms with Crippen LogP contribution in [-0.4, -0.2) is 79.7 Å². The lowest BCUT2D eigenvalue weighted by atomic mass is 10.1. The SMILES string of the molecule is COc1ccc(N2CCN(c3ncnc4sc(C(=O)N5CCN(c6ccc(C)cc6)C(C)C5)c(C)c34)CC2)cc1. The van der Waals surface area contributed by atoms with Gasteiger partial charge >= 0.3 is 0 Å². The number of benzene rings is 2. The van der Waals surface area contributed by atoms with Crippen molar-refractivity contribution >= 4 is 44.7 Å². The third-order valence-electron chi connectivity index (χ3n) is 8.20. The molecule has 2 saturated heterocycles. The van der Waals surface area contributed by atoms with Crippen LogP contribution in [0.3, 0.4) is 0 Å². The fourth-order valence-corrected chi connectivity index (χ4v) is 6.98. The minimum atomic E-state index is 0.103. The van der Waals surface area contributed by atoms with E-state index in [-0.39, 0.29) is 11.9 Å². The van der Waals surface area contributed by atoms with Gasteiger partial charge in [0.25, 0.3) is 5.91 Å². The van der Waals surface area contributed by atoms with Crippen molar-refractivity contribution in [3.63, 3.8) is 0 Å². The molecule has 40 heavy (non-hydrogen) atoms. The molecule has 9 heteroatoms. The van der Waals surface area contributed by atoms with E-state index < -0.39 is 0 Å². The molecule has 8 nitrogen and oxygen atoms in total. The zero-order valence-electron chi connectivity index (χ0n) is 23.6. The van der Waals surface area contributed by atoms with Gasteiger partial charge in [-0.1, -0.05) is 17.7 Å². The summed E-state index contributed by atoms with van der Waals surface area (Å²) >= 11 is 1.50. The second-order valence-electron chi connectivity index (χ2n) is 10.7. The Labute approximate surface area is 239 Å². The van der Waals surface area contributed by atoms with Gasteiger partial charge in [-0.25, -0.2) is 9.97 Å². The van der Waals surface area contributed by atoms with Crippen molar-refractivity contribution in [2.75, 3.05) is 67.6 Å². The largest absolute Gasteiger partial charge is 0.497 e. The van der Waals surface area contributed by atoms with Crippen molar-refractivity contribution in [3.05, 3.63) is 70.9 Å². The van der Waals surface area contributed by atoms with E-state index in [4.69, 9.17) is 9.72 Å². The lowest BCUT2D eigenvalue weighted by Crippen LogP contribution is -2.53. The highest BCUT2D eigenvalue weighted by molar-refractivity contribution is 7.20. The van der Waals surface area contributed by atoms with E-state index in [9.17, 15) is 4.79 Å². The molecule has 0 saturated carbocycles. The number of carbonyl (C=O) groups excluding carboxylic acids is 1. The van der Waals surface area contributed by atoms with Gasteiger partial charge in [-0.15, -0.1) is 11.3 Å². The van der Waals surface area contributed by atoms with Gasteiger partial charge in [0, 0.05) is 63.2 Å². The third-order valence-corrected chi connectivity index (χ3v) is 9.39. The van der Waals surface area contributed by atoms with Crippen LogP contribution in [0.15, 0.2) is 54.9 Å². The summed E-state index contributed by atoms with van der Waals surface area (Å²) in [6, 6.07) is 17.1. The highest BCUT2D eigenvalue weighted by atomic mass is 32.1. The van der Waals surface area contributed by atoms with Gasteiger partial charge in [-0.05, 0) is 62.7 Å². The first-order valence-electron chi connectivity index (χ1n) is 13.9. The number of fused-ring (bicyclic) bond motifs is 1. The van der Waals surface area contributed by atoms with Crippen molar-refractivity contribution < 1.29 is 9.53 Å². The summed E-state index contributed by atoms with van der Waals surface area (Å²) in [5.74, 6) is 1.91. The predicted molar refractivity (Wildman–Crippen MR) is 163 cm³/mol. The van der Waals surface area contributed by atoms with E-state index in [1.807, 2.05) is 17.0 Å². The monoisotopic (exact) mass is 556 g/mol. The quantitative estimate of drug-likeness (QED) is 0.343. The maximum Gasteiger partial charge on any atom is 0.264 e. The predicted octanol–water partition coefficient (Wildman–Crippen LogP) is 4.99. The molecular weight excluding hydrogens is 520 g/mol. The smallest absolute Gasteiger partial charge is 0.264 e. The topological polar surface area (TPSA) is 65.0 Å². The third kappa shape index (κ3) is 4.94. The van der Waals surface area contributed by atoms with Gasteiger partial charge in [-0.3, -0.25) is 4.79 Å². The first-order chi connectivity index (χ1) is 19.4. The minimum Gasteiger partial charge on any atom is -0.497 e. The highest BCUT2D eigenvalue weighted by Crippen LogP contribution is 2.36. The van der Waals surface area contributed by atoms with Gasteiger partial charge < -0.3 is 24.3 Å². The van der Waals surface area contributed by atoms with E-state index in [0.29, 0.717) is 13.1 Å². The molecule has 2 aromatic heterocycles. The first kappa shape index (κ1) is 26.4. The van der Waals surface area contributed by atoms with Gasteiger partial charge in [0.2, 0.25) is 0 Å². The molecule has 6 rings (SSSR count). The first-order valence-corrected chi connectivity index (χ1v) is 14.7. The number of aryl methyl sites for hydroxylation is 2. The molecule has 1 amide bonds. The molecule has 2 fully saturated rings. The number of thiophene rings is 1. The zero-order valence-corrected chi connectivity index (χ0v) is 24.4. The van der Waals surface area contributed by atoms with Crippen LogP contribution in [0.25, 0.3) is 10.2 Å². The number of carbonyl (C=O) groups is 1. The number of hydrogen-bond acceptors (Lipinski definition) is 8. The number of rotatable bonds is 5. The second-order valence-corrected chi connectivity index (χ2v) is 11.7. The second kappa shape index (κ2) is 11.0. The van der Waals surface area contributed by atoms with Crippen molar-refractivity contribution in [2.45, 2.75) is 26.8 Å². The molecule has 1 atom stereocenters. The van der Waals surface area contributed by atoms with Gasteiger partial charge in [0.05, 0.1) is 17.4 Å². The van der Waals surface area contributed by atoms with Crippen LogP contribution in [0.5, 0.6) is 5.75 Å². The van der Waals surface area contributed by atoms with Crippen LogP contribution in [0.1, 0.15) is 27.7 Å². The summed E-state index contributed by atoms with van der Waals surface area (Å²) in [6.07, 6.45) is 1.64. The van der Waals surface area contributed by atoms with Crippen LogP contribution in [-0.2, 0) is 0 Å². The average molecular weight is 557 g/mol. The summed E-state index contributed by atoms with van der Waals surface area (Å²) < 4.78 is 5.30. The molecule has 1 unspecified atom stereocenters. The Morgan fingerprint density at radius 3 is 2.23 bits per heavy atom. The van der Waals surface area contributed by atoms with E-state index >= 15 is 0 Å². The Bertz CT molecular complexity index is 1500. The van der Waals surface area contributed by atoms with E-state index in [1.54, 1.807) is 13.4 Å². The van der Waals surface area contributed by atoms with Crippen LogP contribution < -0.4 is 19.4 Å². The van der Waals surface area contributed by atoms with E-state index in [0.717, 1.165) is 64.9 Å². The fourth-order valence-electron chi connectivity index (χ4n) is 5.87. The Morgan fingerprint density at radius 2 is 1.55 bits per heavy atom. The number of nitrogens with zero attached hydrogens (tertiary/aromatic N) is 6. The van der Waals surface area contributed by atoms with Crippen molar-refractivity contribution in [1.82, 2.24) is 14.9 Å². The van der Waals surface area contributed by atoms with Crippen molar-refractivity contribution in [3.8, 4) is 5.75 Å². The van der Waals surface area contributed by atoms with Crippen LogP contribution >= 0.6 is 11.3 Å². The molecule has 2 aliphatic heterocycles. The molecule has 208 valence electrons. The normalized spacial score (nSPS) is 17.9. The van der Waals surface area contributed by atoms with E-state index in [1.165, 1.54) is 28.3 Å². The Balaban J connectivity index is 1.17. The Kier molecular flexibility index (Phi) is 7.23. The molecule has 2 aliphatic rings. The maximum absolute atomic E-state index is 13.8. The van der Waals surface area contributed by atoms with Gasteiger partial charge in [-0.2, -0.15) is 0 Å². The number of aromatic nitrogens is 2. The molecule has 2 aromatic carbocycles. The molecule has 4 aromatic rings. The number of anilines is 3. The van der Waals surface area contributed by atoms with Crippen molar-refractivity contribution in [1.29, 1.82) is 0 Å². The summed E-state index contributed by atoms with van der Waals surface area (Å²) in [4.78, 5) is 33.9. The highest BCUT2D eigenvalue weighted by Gasteiger charge is 2.31. The molecule has 0 radical (unpaired) electrons.